The molecule has 2 rings (SSSR count). The molecule has 0 atom stereocenters. The molecule has 1 aromatic heterocycles. The van der Waals surface area contributed by atoms with Crippen LogP contribution in [0.15, 0.2) is 16.9 Å². The summed E-state index contributed by atoms with van der Waals surface area (Å²) in [7, 11) is 0. The summed E-state index contributed by atoms with van der Waals surface area (Å²) in [5, 5.41) is 14.0. The molecule has 0 spiro atoms. The van der Waals surface area contributed by atoms with E-state index in [-0.39, 0.29) is 11.4 Å². The number of aromatic nitrogens is 2. The zero-order chi connectivity index (χ0) is 14.5. The van der Waals surface area contributed by atoms with Crippen LogP contribution >= 0.6 is 0 Å². The van der Waals surface area contributed by atoms with E-state index >= 15 is 0 Å². The van der Waals surface area contributed by atoms with Gasteiger partial charge in [-0.2, -0.15) is 0 Å². The molecule has 0 aliphatic rings. The minimum atomic E-state index is -0.477. The van der Waals surface area contributed by atoms with Crippen LogP contribution in [0.5, 0.6) is 0 Å². The minimum Gasteiger partial charge on any atom is -0.382 e. The number of hydrogen-bond donors (Lipinski definition) is 3. The molecule has 1 heterocycles. The van der Waals surface area contributed by atoms with Gasteiger partial charge in [0.15, 0.2) is 0 Å². The molecular formula is C12H16N4O4. The third kappa shape index (κ3) is 3.15. The number of hydrogen-bond acceptors (Lipinski definition) is 5. The summed E-state index contributed by atoms with van der Waals surface area (Å²) < 4.78 is 5.20. The molecule has 0 fully saturated rings. The second-order valence-electron chi connectivity index (χ2n) is 4.23. The number of nitro groups is 1. The molecule has 8 nitrogen and oxygen atoms in total. The van der Waals surface area contributed by atoms with Gasteiger partial charge in [-0.15, -0.1) is 0 Å². The van der Waals surface area contributed by atoms with E-state index in [0.29, 0.717) is 36.5 Å². The van der Waals surface area contributed by atoms with Gasteiger partial charge in [0, 0.05) is 25.8 Å². The van der Waals surface area contributed by atoms with Crippen LogP contribution in [0.4, 0.5) is 11.4 Å². The van der Waals surface area contributed by atoms with Gasteiger partial charge in [0.2, 0.25) is 0 Å². The van der Waals surface area contributed by atoms with E-state index in [2.05, 4.69) is 15.3 Å². The predicted molar refractivity (Wildman–Crippen MR) is 75.2 cm³/mol. The lowest BCUT2D eigenvalue weighted by atomic mass is 10.2. The fraction of sp³-hybridized carbons (Fsp3) is 0.417. The number of ether oxygens (including phenoxy) is 1. The van der Waals surface area contributed by atoms with Gasteiger partial charge in [-0.05, 0) is 19.4 Å². The smallest absolute Gasteiger partial charge is 0.323 e. The maximum Gasteiger partial charge on any atom is 0.323 e. The molecule has 0 saturated carbocycles. The van der Waals surface area contributed by atoms with Gasteiger partial charge in [-0.3, -0.25) is 10.1 Å². The lowest BCUT2D eigenvalue weighted by Crippen LogP contribution is -2.07. The highest BCUT2D eigenvalue weighted by Crippen LogP contribution is 2.28. The molecule has 0 radical (unpaired) electrons. The van der Waals surface area contributed by atoms with Crippen LogP contribution in [0.25, 0.3) is 11.0 Å². The Bertz CT molecular complexity index is 661. The third-order valence-electron chi connectivity index (χ3n) is 2.81. The maximum absolute atomic E-state index is 11.2. The van der Waals surface area contributed by atoms with Gasteiger partial charge in [-0.1, -0.05) is 0 Å². The molecule has 0 aliphatic carbocycles. The van der Waals surface area contributed by atoms with Crippen LogP contribution in [-0.2, 0) is 4.74 Å². The van der Waals surface area contributed by atoms with Gasteiger partial charge in [0.25, 0.3) is 5.69 Å². The normalized spacial score (nSPS) is 10.8. The molecule has 0 bridgehead atoms. The first-order valence-electron chi connectivity index (χ1n) is 6.34. The molecule has 108 valence electrons. The predicted octanol–water partition coefficient (Wildman–Crippen LogP) is 1.60. The SMILES string of the molecule is CCOCCCNc1cc2[nH]c(=O)[nH]c2cc1[N+](=O)[O-]. The molecular weight excluding hydrogens is 264 g/mol. The van der Waals surface area contributed by atoms with Crippen LogP contribution in [0.1, 0.15) is 13.3 Å². The standard InChI is InChI=1S/C12H16N4O4/c1-2-20-5-3-4-13-10-6-8-9(15-12(17)14-8)7-11(10)16(18)19/h6-7,13H,2-5H2,1H3,(H2,14,15,17). The summed E-state index contributed by atoms with van der Waals surface area (Å²) >= 11 is 0. The Hall–Kier alpha value is -2.35. The van der Waals surface area contributed by atoms with Gasteiger partial charge < -0.3 is 20.0 Å². The number of anilines is 1. The zero-order valence-corrected chi connectivity index (χ0v) is 11.1. The minimum absolute atomic E-state index is 0.0656. The first-order valence-corrected chi connectivity index (χ1v) is 6.34. The van der Waals surface area contributed by atoms with Crippen molar-refractivity contribution in [3.8, 4) is 0 Å². The Morgan fingerprint density at radius 1 is 1.35 bits per heavy atom. The molecule has 0 amide bonds. The van der Waals surface area contributed by atoms with Crippen molar-refractivity contribution in [1.29, 1.82) is 0 Å². The van der Waals surface area contributed by atoms with Gasteiger partial charge >= 0.3 is 5.69 Å². The monoisotopic (exact) mass is 280 g/mol. The average molecular weight is 280 g/mol. The van der Waals surface area contributed by atoms with Gasteiger partial charge in [0.1, 0.15) is 5.69 Å². The van der Waals surface area contributed by atoms with E-state index in [1.54, 1.807) is 6.07 Å². The summed E-state index contributed by atoms with van der Waals surface area (Å²) in [6.45, 7) is 3.71. The Kier molecular flexibility index (Phi) is 4.36. The molecule has 0 aliphatic heterocycles. The number of benzene rings is 1. The highest BCUT2D eigenvalue weighted by Gasteiger charge is 2.16. The molecule has 20 heavy (non-hydrogen) atoms. The Labute approximate surface area is 114 Å². The third-order valence-corrected chi connectivity index (χ3v) is 2.81. The Morgan fingerprint density at radius 2 is 2.05 bits per heavy atom. The van der Waals surface area contributed by atoms with Gasteiger partial charge in [0.05, 0.1) is 16.0 Å². The van der Waals surface area contributed by atoms with Crippen molar-refractivity contribution in [2.24, 2.45) is 0 Å². The summed E-state index contributed by atoms with van der Waals surface area (Å²) in [6, 6.07) is 2.91. The Morgan fingerprint density at radius 3 is 2.70 bits per heavy atom. The number of imidazole rings is 1. The van der Waals surface area contributed by atoms with Crippen LogP contribution in [0.2, 0.25) is 0 Å². The van der Waals surface area contributed by atoms with E-state index in [4.69, 9.17) is 4.74 Å². The van der Waals surface area contributed by atoms with Crippen molar-refractivity contribution in [1.82, 2.24) is 9.97 Å². The first kappa shape index (κ1) is 14.1. The molecule has 0 unspecified atom stereocenters. The largest absolute Gasteiger partial charge is 0.382 e. The molecule has 0 saturated heterocycles. The summed E-state index contributed by atoms with van der Waals surface area (Å²) in [6.07, 6.45) is 0.743. The molecule has 3 N–H and O–H groups in total. The first-order chi connectivity index (χ1) is 9.61. The van der Waals surface area contributed by atoms with Crippen molar-refractivity contribution in [3.63, 3.8) is 0 Å². The Balaban J connectivity index is 2.18. The van der Waals surface area contributed by atoms with Crippen molar-refractivity contribution in [2.45, 2.75) is 13.3 Å². The lowest BCUT2D eigenvalue weighted by Gasteiger charge is -2.07. The van der Waals surface area contributed by atoms with Crippen molar-refractivity contribution in [3.05, 3.63) is 32.7 Å². The number of nitrogens with one attached hydrogen (secondary N) is 3. The van der Waals surface area contributed by atoms with E-state index in [0.717, 1.165) is 6.42 Å². The number of rotatable bonds is 7. The quantitative estimate of drug-likeness (QED) is 0.405. The van der Waals surface area contributed by atoms with Crippen molar-refractivity contribution >= 4 is 22.4 Å². The molecule has 8 heteroatoms. The molecule has 1 aromatic carbocycles. The maximum atomic E-state index is 11.2. The number of fused-ring (bicyclic) bond motifs is 1. The van der Waals surface area contributed by atoms with Crippen LogP contribution in [0.3, 0.4) is 0 Å². The summed E-state index contributed by atoms with van der Waals surface area (Å²) in [5.41, 5.74) is 0.885. The number of nitrogens with zero attached hydrogens (tertiary/aromatic N) is 1. The average Bonchev–Trinajstić information content (AvgIpc) is 2.76. The van der Waals surface area contributed by atoms with E-state index in [1.165, 1.54) is 6.07 Å². The van der Waals surface area contributed by atoms with Crippen LogP contribution in [-0.4, -0.2) is 34.6 Å². The fourth-order valence-corrected chi connectivity index (χ4v) is 1.91. The lowest BCUT2D eigenvalue weighted by molar-refractivity contribution is -0.383. The van der Waals surface area contributed by atoms with Crippen molar-refractivity contribution < 1.29 is 9.66 Å². The second-order valence-corrected chi connectivity index (χ2v) is 4.23. The summed E-state index contributed by atoms with van der Waals surface area (Å²) in [5.74, 6) is 0. The highest BCUT2D eigenvalue weighted by atomic mass is 16.6. The highest BCUT2D eigenvalue weighted by molar-refractivity contribution is 5.84. The number of nitro benzene ring substituents is 1. The fourth-order valence-electron chi connectivity index (χ4n) is 1.91. The van der Waals surface area contributed by atoms with Crippen LogP contribution < -0.4 is 11.0 Å². The number of aromatic amines is 2. The zero-order valence-electron chi connectivity index (χ0n) is 11.1. The van der Waals surface area contributed by atoms with Crippen LogP contribution in [0, 0.1) is 10.1 Å². The number of H-pyrrole nitrogens is 2. The topological polar surface area (TPSA) is 113 Å². The van der Waals surface area contributed by atoms with E-state index in [1.807, 2.05) is 6.92 Å². The van der Waals surface area contributed by atoms with Crippen molar-refractivity contribution in [2.75, 3.05) is 25.1 Å². The molecule has 2 aromatic rings. The van der Waals surface area contributed by atoms with E-state index in [9.17, 15) is 14.9 Å². The van der Waals surface area contributed by atoms with Gasteiger partial charge in [-0.25, -0.2) is 4.79 Å². The van der Waals surface area contributed by atoms with E-state index < -0.39 is 4.92 Å². The summed E-state index contributed by atoms with van der Waals surface area (Å²) in [4.78, 5) is 26.8. The second kappa shape index (κ2) is 6.20.